The number of halogens is 2. The fraction of sp³-hybridized carbons (Fsp3) is 0.385. The molecule has 2 unspecified atom stereocenters. The number of cyclic esters (lactones) is 1. The molecule has 4 rings (SSSR count). The summed E-state index contributed by atoms with van der Waals surface area (Å²) in [4.78, 5) is 52.3. The lowest BCUT2D eigenvalue weighted by atomic mass is 10.1. The monoisotopic (exact) mass is 563 g/mol. The molecular formula is C26H27Cl2N3O7. The average Bonchev–Trinajstić information content (AvgIpc) is 3.52. The Morgan fingerprint density at radius 2 is 1.87 bits per heavy atom. The van der Waals surface area contributed by atoms with E-state index in [9.17, 15) is 24.3 Å². The first-order chi connectivity index (χ1) is 18.1. The highest BCUT2D eigenvalue weighted by atomic mass is 35.5. The summed E-state index contributed by atoms with van der Waals surface area (Å²) >= 11 is 11.8. The van der Waals surface area contributed by atoms with E-state index in [-0.39, 0.29) is 34.4 Å². The standard InChI is InChI=1S/C26H27Cl2N3O7/c1-14(29-23(34)16-10-17(27)22(33)18(28)11-16)25(36)31-9-5-8-20(31)24(35)30-19-12-21(32)38-26(19)37-13-15-6-3-2-4-7-15/h2-4,6-7,10-11,14,19-20,26,33H,5,8-9,12-13H2,1H3,(H,29,34)(H,30,35)/t14-,19?,20-,26?/m0/s1. The van der Waals surface area contributed by atoms with Crippen molar-refractivity contribution in [2.75, 3.05) is 6.54 Å². The van der Waals surface area contributed by atoms with Crippen LogP contribution in [0.2, 0.25) is 10.0 Å². The molecule has 38 heavy (non-hydrogen) atoms. The summed E-state index contributed by atoms with van der Waals surface area (Å²) in [6.07, 6.45) is 0.0374. The number of rotatable bonds is 8. The van der Waals surface area contributed by atoms with Crippen molar-refractivity contribution in [3.8, 4) is 5.75 Å². The van der Waals surface area contributed by atoms with E-state index in [1.54, 1.807) is 0 Å². The molecule has 3 amide bonds. The Labute approximate surface area is 229 Å². The average molecular weight is 564 g/mol. The second-order valence-corrected chi connectivity index (χ2v) is 9.96. The van der Waals surface area contributed by atoms with Crippen LogP contribution in [-0.4, -0.2) is 64.7 Å². The van der Waals surface area contributed by atoms with Crippen molar-refractivity contribution in [3.05, 3.63) is 63.6 Å². The molecule has 0 aromatic heterocycles. The first-order valence-corrected chi connectivity index (χ1v) is 12.8. The zero-order chi connectivity index (χ0) is 27.4. The lowest BCUT2D eigenvalue weighted by Gasteiger charge is -2.28. The predicted octanol–water partition coefficient (Wildman–Crippen LogP) is 2.78. The van der Waals surface area contributed by atoms with Crippen molar-refractivity contribution in [1.82, 2.24) is 15.5 Å². The number of ether oxygens (including phenoxy) is 2. The fourth-order valence-corrected chi connectivity index (χ4v) is 4.91. The van der Waals surface area contributed by atoms with E-state index < -0.39 is 48.1 Å². The minimum absolute atomic E-state index is 0.0456. The van der Waals surface area contributed by atoms with Gasteiger partial charge in [-0.1, -0.05) is 53.5 Å². The number of carbonyl (C=O) groups is 4. The van der Waals surface area contributed by atoms with Gasteiger partial charge in [0.15, 0.2) is 5.75 Å². The Morgan fingerprint density at radius 1 is 1.18 bits per heavy atom. The van der Waals surface area contributed by atoms with Crippen LogP contribution in [0.1, 0.15) is 42.1 Å². The summed E-state index contributed by atoms with van der Waals surface area (Å²) in [6.45, 7) is 2.05. The van der Waals surface area contributed by atoms with Crippen LogP contribution in [-0.2, 0) is 30.5 Å². The van der Waals surface area contributed by atoms with Crippen molar-refractivity contribution in [2.24, 2.45) is 0 Å². The maximum Gasteiger partial charge on any atom is 0.310 e. The van der Waals surface area contributed by atoms with Gasteiger partial charge in [-0.15, -0.1) is 0 Å². The molecule has 202 valence electrons. The second-order valence-electron chi connectivity index (χ2n) is 9.15. The first-order valence-electron chi connectivity index (χ1n) is 12.1. The molecule has 2 aromatic rings. The van der Waals surface area contributed by atoms with Gasteiger partial charge in [0.25, 0.3) is 5.91 Å². The molecule has 0 bridgehead atoms. The van der Waals surface area contributed by atoms with Crippen molar-refractivity contribution >= 4 is 46.9 Å². The van der Waals surface area contributed by atoms with E-state index in [4.69, 9.17) is 32.7 Å². The van der Waals surface area contributed by atoms with Gasteiger partial charge < -0.3 is 30.1 Å². The second kappa shape index (κ2) is 12.0. The number of esters is 1. The highest BCUT2D eigenvalue weighted by Crippen LogP contribution is 2.32. The van der Waals surface area contributed by atoms with E-state index >= 15 is 0 Å². The summed E-state index contributed by atoms with van der Waals surface area (Å²) in [7, 11) is 0. The quantitative estimate of drug-likeness (QED) is 0.420. The number of nitrogens with zero attached hydrogens (tertiary/aromatic N) is 1. The SMILES string of the molecule is C[C@H](NC(=O)c1cc(Cl)c(O)c(Cl)c1)C(=O)N1CCC[C@H]1C(=O)NC1CC(=O)OC1OCc1ccccc1. The van der Waals surface area contributed by atoms with E-state index in [0.29, 0.717) is 19.4 Å². The van der Waals surface area contributed by atoms with Gasteiger partial charge in [-0.05, 0) is 37.5 Å². The molecule has 10 nitrogen and oxygen atoms in total. The van der Waals surface area contributed by atoms with Gasteiger partial charge in [0, 0.05) is 12.1 Å². The molecule has 2 aliphatic heterocycles. The Morgan fingerprint density at radius 3 is 2.55 bits per heavy atom. The van der Waals surface area contributed by atoms with Crippen LogP contribution in [0.15, 0.2) is 42.5 Å². The fourth-order valence-electron chi connectivity index (χ4n) is 4.43. The van der Waals surface area contributed by atoms with Crippen molar-refractivity contribution in [2.45, 2.75) is 57.2 Å². The Balaban J connectivity index is 1.35. The molecule has 2 aromatic carbocycles. The molecule has 2 saturated heterocycles. The van der Waals surface area contributed by atoms with Gasteiger partial charge in [-0.2, -0.15) is 0 Å². The lowest BCUT2D eigenvalue weighted by molar-refractivity contribution is -0.168. The van der Waals surface area contributed by atoms with E-state index in [1.165, 1.54) is 24.0 Å². The lowest BCUT2D eigenvalue weighted by Crippen LogP contribution is -2.54. The molecule has 12 heteroatoms. The van der Waals surface area contributed by atoms with Gasteiger partial charge in [-0.25, -0.2) is 0 Å². The Bertz CT molecular complexity index is 1200. The van der Waals surface area contributed by atoms with Crippen molar-refractivity contribution < 1.29 is 33.8 Å². The van der Waals surface area contributed by atoms with Gasteiger partial charge in [0.1, 0.15) is 18.1 Å². The summed E-state index contributed by atoms with van der Waals surface area (Å²) < 4.78 is 11.0. The number of phenols is 1. The maximum atomic E-state index is 13.2. The summed E-state index contributed by atoms with van der Waals surface area (Å²) in [5.74, 6) is -2.32. The van der Waals surface area contributed by atoms with E-state index in [0.717, 1.165) is 5.56 Å². The molecular weight excluding hydrogens is 537 g/mol. The number of amides is 3. The molecule has 2 fully saturated rings. The number of hydrogen-bond donors (Lipinski definition) is 3. The number of benzene rings is 2. The number of phenolic OH excluding ortho intramolecular Hbond substituents is 1. The van der Waals surface area contributed by atoms with Gasteiger partial charge >= 0.3 is 5.97 Å². The van der Waals surface area contributed by atoms with Crippen LogP contribution in [0, 0.1) is 0 Å². The van der Waals surface area contributed by atoms with Crippen molar-refractivity contribution in [3.63, 3.8) is 0 Å². The molecule has 0 aliphatic carbocycles. The predicted molar refractivity (Wildman–Crippen MR) is 137 cm³/mol. The number of likely N-dealkylation sites (tertiary alicyclic amines) is 1. The largest absolute Gasteiger partial charge is 0.505 e. The zero-order valence-electron chi connectivity index (χ0n) is 20.5. The number of carbonyl (C=O) groups excluding carboxylic acids is 4. The van der Waals surface area contributed by atoms with E-state index in [1.807, 2.05) is 30.3 Å². The van der Waals surface area contributed by atoms with Crippen LogP contribution in [0.3, 0.4) is 0 Å². The summed E-state index contributed by atoms with van der Waals surface area (Å²) in [5.41, 5.74) is 0.960. The van der Waals surface area contributed by atoms with Gasteiger partial charge in [-0.3, -0.25) is 19.2 Å². The van der Waals surface area contributed by atoms with Gasteiger partial charge in [0.05, 0.1) is 23.1 Å². The molecule has 0 saturated carbocycles. The molecule has 4 atom stereocenters. The van der Waals surface area contributed by atoms with Crippen molar-refractivity contribution in [1.29, 1.82) is 0 Å². The van der Waals surface area contributed by atoms with Gasteiger partial charge in [0.2, 0.25) is 18.1 Å². The van der Waals surface area contributed by atoms with Crippen LogP contribution >= 0.6 is 23.2 Å². The number of aromatic hydroxyl groups is 1. The molecule has 0 radical (unpaired) electrons. The highest BCUT2D eigenvalue weighted by molar-refractivity contribution is 6.37. The highest BCUT2D eigenvalue weighted by Gasteiger charge is 2.41. The third kappa shape index (κ3) is 6.38. The summed E-state index contributed by atoms with van der Waals surface area (Å²) in [6, 6.07) is 9.40. The maximum absolute atomic E-state index is 13.2. The Hall–Kier alpha value is -3.34. The zero-order valence-corrected chi connectivity index (χ0v) is 22.0. The molecule has 2 heterocycles. The normalized spacial score (nSPS) is 21.6. The summed E-state index contributed by atoms with van der Waals surface area (Å²) in [5, 5.41) is 14.9. The number of nitrogens with one attached hydrogen (secondary N) is 2. The molecule has 0 spiro atoms. The first kappa shape index (κ1) is 27.7. The van der Waals surface area contributed by atoms with Crippen LogP contribution < -0.4 is 10.6 Å². The number of hydrogen-bond acceptors (Lipinski definition) is 7. The molecule has 2 aliphatic rings. The topological polar surface area (TPSA) is 134 Å². The van der Waals surface area contributed by atoms with Crippen LogP contribution in [0.25, 0.3) is 0 Å². The third-order valence-corrected chi connectivity index (χ3v) is 6.96. The third-order valence-electron chi connectivity index (χ3n) is 6.38. The minimum atomic E-state index is -0.958. The Kier molecular flexibility index (Phi) is 8.76. The van der Waals surface area contributed by atoms with Crippen LogP contribution in [0.4, 0.5) is 0 Å². The van der Waals surface area contributed by atoms with Crippen LogP contribution in [0.5, 0.6) is 5.75 Å². The van der Waals surface area contributed by atoms with E-state index in [2.05, 4.69) is 10.6 Å². The molecule has 3 N–H and O–H groups in total. The minimum Gasteiger partial charge on any atom is -0.505 e. The smallest absolute Gasteiger partial charge is 0.310 e.